The van der Waals surface area contributed by atoms with Crippen molar-refractivity contribution in [3.8, 4) is 0 Å². The van der Waals surface area contributed by atoms with Crippen LogP contribution in [0.1, 0.15) is 29.3 Å². The molecule has 0 aliphatic heterocycles. The van der Waals surface area contributed by atoms with Gasteiger partial charge in [-0.1, -0.05) is 47.8 Å². The third-order valence-electron chi connectivity index (χ3n) is 3.55. The third kappa shape index (κ3) is 4.82. The highest BCUT2D eigenvalue weighted by Crippen LogP contribution is 2.33. The fourth-order valence-corrected chi connectivity index (χ4v) is 3.90. The Bertz CT molecular complexity index is 947. The summed E-state index contributed by atoms with van der Waals surface area (Å²) in [5.41, 5.74) is 1.06. The molecule has 0 spiro atoms. The van der Waals surface area contributed by atoms with Gasteiger partial charge in [0, 0.05) is 12.1 Å². The second-order valence-corrected chi connectivity index (χ2v) is 8.49. The summed E-state index contributed by atoms with van der Waals surface area (Å²) in [5, 5.41) is 3.22. The molecule has 0 aliphatic carbocycles. The van der Waals surface area contributed by atoms with E-state index in [4.69, 9.17) is 34.8 Å². The van der Waals surface area contributed by atoms with Crippen LogP contribution in [-0.4, -0.2) is 20.9 Å². The summed E-state index contributed by atoms with van der Waals surface area (Å²) in [4.78, 5) is 12.2. The van der Waals surface area contributed by atoms with Crippen LogP contribution >= 0.6 is 34.8 Å². The molecule has 9 heteroatoms. The van der Waals surface area contributed by atoms with E-state index in [2.05, 4.69) is 10.0 Å². The SMILES string of the molecule is CCCNC(=O)c1cc(S(=O)(=O)Nc2cc(Cl)c(Cl)cc2Cl)ccc1C. The number of aryl methyl sites for hydroxylation is 1. The number of carbonyl (C=O) groups is 1. The first-order valence-electron chi connectivity index (χ1n) is 7.72. The maximum atomic E-state index is 12.7. The molecule has 0 unspecified atom stereocenters. The van der Waals surface area contributed by atoms with Crippen LogP contribution in [0.4, 0.5) is 5.69 Å². The molecule has 2 aromatic rings. The number of hydrogen-bond acceptors (Lipinski definition) is 3. The Morgan fingerprint density at radius 2 is 1.69 bits per heavy atom. The van der Waals surface area contributed by atoms with E-state index in [0.29, 0.717) is 17.7 Å². The van der Waals surface area contributed by atoms with E-state index in [1.54, 1.807) is 13.0 Å². The predicted molar refractivity (Wildman–Crippen MR) is 106 cm³/mol. The van der Waals surface area contributed by atoms with Crippen LogP contribution < -0.4 is 10.0 Å². The Kier molecular flexibility index (Phi) is 6.80. The highest BCUT2D eigenvalue weighted by atomic mass is 35.5. The average Bonchev–Trinajstić information content (AvgIpc) is 2.57. The van der Waals surface area contributed by atoms with Gasteiger partial charge in [-0.05, 0) is 43.2 Å². The van der Waals surface area contributed by atoms with Crippen molar-refractivity contribution in [2.24, 2.45) is 0 Å². The number of anilines is 1. The maximum Gasteiger partial charge on any atom is 0.261 e. The number of halogens is 3. The number of benzene rings is 2. The molecule has 2 aromatic carbocycles. The van der Waals surface area contributed by atoms with E-state index in [9.17, 15) is 13.2 Å². The van der Waals surface area contributed by atoms with E-state index in [1.165, 1.54) is 24.3 Å². The number of carbonyl (C=O) groups excluding carboxylic acids is 1. The van der Waals surface area contributed by atoms with Crippen LogP contribution in [-0.2, 0) is 10.0 Å². The van der Waals surface area contributed by atoms with Gasteiger partial charge in [0.25, 0.3) is 15.9 Å². The van der Waals surface area contributed by atoms with Gasteiger partial charge in [0.05, 0.1) is 25.7 Å². The van der Waals surface area contributed by atoms with Crippen LogP contribution in [0, 0.1) is 6.92 Å². The molecule has 26 heavy (non-hydrogen) atoms. The van der Waals surface area contributed by atoms with E-state index >= 15 is 0 Å². The van der Waals surface area contributed by atoms with Crippen LogP contribution in [0.2, 0.25) is 15.1 Å². The van der Waals surface area contributed by atoms with Gasteiger partial charge in [-0.15, -0.1) is 0 Å². The monoisotopic (exact) mass is 434 g/mol. The van der Waals surface area contributed by atoms with Crippen molar-refractivity contribution < 1.29 is 13.2 Å². The predicted octanol–water partition coefficient (Wildman–Crippen LogP) is 4.90. The molecule has 2 rings (SSSR count). The van der Waals surface area contributed by atoms with Gasteiger partial charge in [0.15, 0.2) is 0 Å². The van der Waals surface area contributed by atoms with Crippen LogP contribution in [0.3, 0.4) is 0 Å². The molecular weight excluding hydrogens is 419 g/mol. The maximum absolute atomic E-state index is 12.7. The van der Waals surface area contributed by atoms with E-state index < -0.39 is 10.0 Å². The number of hydrogen-bond donors (Lipinski definition) is 2. The molecule has 0 saturated carbocycles. The summed E-state index contributed by atoms with van der Waals surface area (Å²) in [7, 11) is -3.97. The first-order valence-corrected chi connectivity index (χ1v) is 10.3. The topological polar surface area (TPSA) is 75.3 Å². The van der Waals surface area contributed by atoms with Crippen LogP contribution in [0.15, 0.2) is 35.2 Å². The number of amides is 1. The summed E-state index contributed by atoms with van der Waals surface area (Å²) in [6.45, 7) is 4.17. The Hall–Kier alpha value is -1.47. The molecular formula is C17H17Cl3N2O3S. The van der Waals surface area contributed by atoms with Crippen molar-refractivity contribution in [1.29, 1.82) is 0 Å². The summed E-state index contributed by atoms with van der Waals surface area (Å²) < 4.78 is 27.7. The highest BCUT2D eigenvalue weighted by Gasteiger charge is 2.20. The molecule has 1 amide bonds. The number of rotatable bonds is 6. The fraction of sp³-hybridized carbons (Fsp3) is 0.235. The lowest BCUT2D eigenvalue weighted by atomic mass is 10.1. The fourth-order valence-electron chi connectivity index (χ4n) is 2.15. The van der Waals surface area contributed by atoms with Gasteiger partial charge in [-0.25, -0.2) is 8.42 Å². The standard InChI is InChI=1S/C17H17Cl3N2O3S/c1-3-6-21-17(23)12-7-11(5-4-10(12)2)26(24,25)22-16-9-14(19)13(18)8-15(16)20/h4-5,7-9,22H,3,6H2,1-2H3,(H,21,23). The van der Waals surface area contributed by atoms with Crippen molar-refractivity contribution >= 4 is 56.4 Å². The van der Waals surface area contributed by atoms with E-state index in [0.717, 1.165) is 6.42 Å². The summed E-state index contributed by atoms with van der Waals surface area (Å²) in [6, 6.07) is 6.99. The van der Waals surface area contributed by atoms with Crippen LogP contribution in [0.25, 0.3) is 0 Å². The van der Waals surface area contributed by atoms with Gasteiger partial charge in [-0.2, -0.15) is 0 Å². The Labute approximate surface area is 167 Å². The zero-order chi connectivity index (χ0) is 19.5. The lowest BCUT2D eigenvalue weighted by Crippen LogP contribution is -2.25. The Morgan fingerprint density at radius 3 is 2.35 bits per heavy atom. The van der Waals surface area contributed by atoms with Gasteiger partial charge >= 0.3 is 0 Å². The minimum absolute atomic E-state index is 0.0631. The third-order valence-corrected chi connectivity index (χ3v) is 5.95. The summed E-state index contributed by atoms with van der Waals surface area (Å²) in [5.74, 6) is -0.325. The Morgan fingerprint density at radius 1 is 1.04 bits per heavy atom. The number of nitrogens with one attached hydrogen (secondary N) is 2. The minimum atomic E-state index is -3.97. The smallest absolute Gasteiger partial charge is 0.261 e. The zero-order valence-corrected chi connectivity index (χ0v) is 17.2. The first-order chi connectivity index (χ1) is 12.2. The lowest BCUT2D eigenvalue weighted by Gasteiger charge is -2.13. The van der Waals surface area contributed by atoms with Crippen molar-refractivity contribution in [3.63, 3.8) is 0 Å². The largest absolute Gasteiger partial charge is 0.352 e. The average molecular weight is 436 g/mol. The first kappa shape index (κ1) is 20.8. The normalized spacial score (nSPS) is 11.3. The van der Waals surface area contributed by atoms with Gasteiger partial charge in [-0.3, -0.25) is 9.52 Å². The quantitative estimate of drug-likeness (QED) is 0.634. The second kappa shape index (κ2) is 8.48. The lowest BCUT2D eigenvalue weighted by molar-refractivity contribution is 0.0953. The molecule has 0 saturated heterocycles. The summed E-state index contributed by atoms with van der Waals surface area (Å²) in [6.07, 6.45) is 0.778. The molecule has 0 bridgehead atoms. The van der Waals surface area contributed by atoms with E-state index in [-0.39, 0.29) is 31.6 Å². The van der Waals surface area contributed by atoms with Crippen LogP contribution in [0.5, 0.6) is 0 Å². The van der Waals surface area contributed by atoms with E-state index in [1.807, 2.05) is 6.92 Å². The molecule has 0 aliphatic rings. The van der Waals surface area contributed by atoms with Crippen molar-refractivity contribution in [2.75, 3.05) is 11.3 Å². The molecule has 2 N–H and O–H groups in total. The highest BCUT2D eigenvalue weighted by molar-refractivity contribution is 7.92. The molecule has 0 aromatic heterocycles. The van der Waals surface area contributed by atoms with Gasteiger partial charge < -0.3 is 5.32 Å². The Balaban J connectivity index is 2.38. The second-order valence-electron chi connectivity index (χ2n) is 5.58. The molecule has 0 fully saturated rings. The minimum Gasteiger partial charge on any atom is -0.352 e. The van der Waals surface area contributed by atoms with Gasteiger partial charge in [0.1, 0.15) is 0 Å². The number of sulfonamides is 1. The van der Waals surface area contributed by atoms with Gasteiger partial charge in [0.2, 0.25) is 0 Å². The zero-order valence-electron chi connectivity index (χ0n) is 14.1. The molecule has 0 atom stereocenters. The molecule has 0 heterocycles. The van der Waals surface area contributed by atoms with Crippen molar-refractivity contribution in [1.82, 2.24) is 5.32 Å². The molecule has 0 radical (unpaired) electrons. The van der Waals surface area contributed by atoms with Crippen molar-refractivity contribution in [2.45, 2.75) is 25.2 Å². The molecule has 140 valence electrons. The molecule has 5 nitrogen and oxygen atoms in total. The van der Waals surface area contributed by atoms with Crippen molar-refractivity contribution in [3.05, 3.63) is 56.5 Å². The summed E-state index contributed by atoms with van der Waals surface area (Å²) >= 11 is 17.8.